The lowest BCUT2D eigenvalue weighted by atomic mass is 10.2. The first kappa shape index (κ1) is 12.8. The average Bonchev–Trinajstić information content (AvgIpc) is 2.87. The van der Waals surface area contributed by atoms with E-state index in [4.69, 9.17) is 11.6 Å². The van der Waals surface area contributed by atoms with Crippen LogP contribution in [0.15, 0.2) is 30.5 Å². The smallest absolute Gasteiger partial charge is 0.185 e. The minimum atomic E-state index is 0.792. The van der Waals surface area contributed by atoms with E-state index in [1.807, 2.05) is 18.3 Å². The molecule has 0 aliphatic carbocycles. The molecule has 0 bridgehead atoms. The topological polar surface area (TPSA) is 19.4 Å². The molecule has 100 valence electrons. The van der Waals surface area contributed by atoms with Crippen LogP contribution in [0.3, 0.4) is 0 Å². The van der Waals surface area contributed by atoms with Crippen molar-refractivity contribution in [3.63, 3.8) is 0 Å². The van der Waals surface area contributed by atoms with Gasteiger partial charge in [-0.3, -0.25) is 0 Å². The lowest BCUT2D eigenvalue weighted by Crippen LogP contribution is -2.46. The zero-order chi connectivity index (χ0) is 13.2. The highest BCUT2D eigenvalue weighted by atomic mass is 35.5. The van der Waals surface area contributed by atoms with Gasteiger partial charge in [0, 0.05) is 48.0 Å². The molecule has 5 heteroatoms. The molecular weight excluding hydrogens is 278 g/mol. The standard InChI is InChI=1S/C14H16ClN3S/c1-11-10-16-14(19-11)18-8-6-17(7-9-18)13-4-2-12(15)3-5-13/h2-5,10H,6-9H2,1H3. The monoisotopic (exact) mass is 293 g/mol. The molecule has 0 spiro atoms. The van der Waals surface area contributed by atoms with Crippen LogP contribution in [0.1, 0.15) is 4.88 Å². The van der Waals surface area contributed by atoms with Crippen LogP contribution in [0.25, 0.3) is 0 Å². The van der Waals surface area contributed by atoms with Crippen molar-refractivity contribution in [1.82, 2.24) is 4.98 Å². The van der Waals surface area contributed by atoms with Gasteiger partial charge in [0.15, 0.2) is 5.13 Å². The van der Waals surface area contributed by atoms with Crippen LogP contribution in [-0.4, -0.2) is 31.2 Å². The number of aromatic nitrogens is 1. The fourth-order valence-corrected chi connectivity index (χ4v) is 3.23. The molecule has 0 saturated carbocycles. The number of anilines is 2. The van der Waals surface area contributed by atoms with E-state index in [0.29, 0.717) is 0 Å². The van der Waals surface area contributed by atoms with Crippen molar-refractivity contribution in [2.24, 2.45) is 0 Å². The molecule has 2 aromatic rings. The van der Waals surface area contributed by atoms with Crippen LogP contribution in [0.5, 0.6) is 0 Å². The molecule has 3 nitrogen and oxygen atoms in total. The molecule has 1 aromatic carbocycles. The first-order chi connectivity index (χ1) is 9.22. The predicted octanol–water partition coefficient (Wildman–Crippen LogP) is 3.43. The zero-order valence-corrected chi connectivity index (χ0v) is 12.4. The molecule has 1 aliphatic rings. The van der Waals surface area contributed by atoms with Crippen molar-refractivity contribution >= 4 is 33.8 Å². The van der Waals surface area contributed by atoms with Gasteiger partial charge in [-0.25, -0.2) is 4.98 Å². The third kappa shape index (κ3) is 2.85. The van der Waals surface area contributed by atoms with E-state index in [-0.39, 0.29) is 0 Å². The fraction of sp³-hybridized carbons (Fsp3) is 0.357. The van der Waals surface area contributed by atoms with Crippen LogP contribution in [0.2, 0.25) is 5.02 Å². The van der Waals surface area contributed by atoms with Gasteiger partial charge in [-0.15, -0.1) is 11.3 Å². The highest BCUT2D eigenvalue weighted by molar-refractivity contribution is 7.15. The van der Waals surface area contributed by atoms with Crippen LogP contribution < -0.4 is 9.80 Å². The van der Waals surface area contributed by atoms with Gasteiger partial charge < -0.3 is 9.80 Å². The van der Waals surface area contributed by atoms with Crippen LogP contribution in [-0.2, 0) is 0 Å². The van der Waals surface area contributed by atoms with E-state index in [9.17, 15) is 0 Å². The lowest BCUT2D eigenvalue weighted by molar-refractivity contribution is 0.652. The van der Waals surface area contributed by atoms with Crippen LogP contribution in [0, 0.1) is 6.92 Å². The second-order valence-corrected chi connectivity index (χ2v) is 6.35. The largest absolute Gasteiger partial charge is 0.368 e. The maximum Gasteiger partial charge on any atom is 0.185 e. The summed E-state index contributed by atoms with van der Waals surface area (Å²) in [5.74, 6) is 0. The molecule has 3 rings (SSSR count). The maximum absolute atomic E-state index is 5.92. The van der Waals surface area contributed by atoms with Gasteiger partial charge in [-0.1, -0.05) is 11.6 Å². The van der Waals surface area contributed by atoms with Crippen LogP contribution >= 0.6 is 22.9 Å². The highest BCUT2D eigenvalue weighted by Crippen LogP contribution is 2.25. The Kier molecular flexibility index (Phi) is 3.62. The molecule has 19 heavy (non-hydrogen) atoms. The summed E-state index contributed by atoms with van der Waals surface area (Å²) in [4.78, 5) is 10.5. The molecule has 1 aromatic heterocycles. The van der Waals surface area contributed by atoms with E-state index >= 15 is 0 Å². The third-order valence-electron chi connectivity index (χ3n) is 3.35. The van der Waals surface area contributed by atoms with Gasteiger partial charge in [0.05, 0.1) is 0 Å². The third-order valence-corrected chi connectivity index (χ3v) is 4.58. The summed E-state index contributed by atoms with van der Waals surface area (Å²) < 4.78 is 0. The van der Waals surface area contributed by atoms with E-state index in [0.717, 1.165) is 36.3 Å². The Hall–Kier alpha value is -1.26. The molecule has 0 N–H and O–H groups in total. The van der Waals surface area contributed by atoms with Gasteiger partial charge in [-0.05, 0) is 31.2 Å². The summed E-state index contributed by atoms with van der Waals surface area (Å²) in [6.45, 7) is 6.21. The summed E-state index contributed by atoms with van der Waals surface area (Å²) in [5.41, 5.74) is 1.25. The number of piperazine rings is 1. The molecule has 0 amide bonds. The van der Waals surface area contributed by atoms with Crippen molar-refractivity contribution in [3.8, 4) is 0 Å². The predicted molar refractivity (Wildman–Crippen MR) is 82.7 cm³/mol. The first-order valence-corrected chi connectivity index (χ1v) is 7.60. The molecule has 0 radical (unpaired) electrons. The van der Waals surface area contributed by atoms with Crippen molar-refractivity contribution in [2.45, 2.75) is 6.92 Å². The minimum Gasteiger partial charge on any atom is -0.368 e. The van der Waals surface area contributed by atoms with Crippen molar-refractivity contribution in [2.75, 3.05) is 36.0 Å². The van der Waals surface area contributed by atoms with Gasteiger partial charge in [0.25, 0.3) is 0 Å². The van der Waals surface area contributed by atoms with Gasteiger partial charge in [-0.2, -0.15) is 0 Å². The van der Waals surface area contributed by atoms with E-state index in [1.165, 1.54) is 10.6 Å². The Balaban J connectivity index is 1.64. The first-order valence-electron chi connectivity index (χ1n) is 6.40. The Bertz CT molecular complexity index is 544. The number of rotatable bonds is 2. The van der Waals surface area contributed by atoms with E-state index < -0.39 is 0 Å². The number of nitrogens with zero attached hydrogens (tertiary/aromatic N) is 3. The second-order valence-electron chi connectivity index (χ2n) is 4.70. The number of hydrogen-bond donors (Lipinski definition) is 0. The molecule has 0 atom stereocenters. The van der Waals surface area contributed by atoms with E-state index in [2.05, 4.69) is 33.8 Å². The maximum atomic E-state index is 5.92. The molecule has 0 unspecified atom stereocenters. The highest BCUT2D eigenvalue weighted by Gasteiger charge is 2.19. The minimum absolute atomic E-state index is 0.792. The Morgan fingerprint density at radius 1 is 1.05 bits per heavy atom. The quantitative estimate of drug-likeness (QED) is 0.846. The number of thiazole rings is 1. The van der Waals surface area contributed by atoms with Gasteiger partial charge in [0.1, 0.15) is 0 Å². The zero-order valence-electron chi connectivity index (χ0n) is 10.8. The summed E-state index contributed by atoms with van der Waals surface area (Å²) >= 11 is 7.69. The van der Waals surface area contributed by atoms with Crippen molar-refractivity contribution < 1.29 is 0 Å². The molecule has 1 aliphatic heterocycles. The molecular formula is C14H16ClN3S. The number of benzene rings is 1. The Morgan fingerprint density at radius 2 is 1.68 bits per heavy atom. The molecule has 1 fully saturated rings. The van der Waals surface area contributed by atoms with Crippen LogP contribution in [0.4, 0.5) is 10.8 Å². The normalized spacial score (nSPS) is 15.9. The number of halogens is 1. The Labute approximate surface area is 122 Å². The fourth-order valence-electron chi connectivity index (χ4n) is 2.30. The van der Waals surface area contributed by atoms with Gasteiger partial charge in [0.2, 0.25) is 0 Å². The summed E-state index contributed by atoms with van der Waals surface area (Å²) in [7, 11) is 0. The van der Waals surface area contributed by atoms with Gasteiger partial charge >= 0.3 is 0 Å². The average molecular weight is 294 g/mol. The lowest BCUT2D eigenvalue weighted by Gasteiger charge is -2.36. The SMILES string of the molecule is Cc1cnc(N2CCN(c3ccc(Cl)cc3)CC2)s1. The van der Waals surface area contributed by atoms with E-state index in [1.54, 1.807) is 11.3 Å². The van der Waals surface area contributed by atoms with Crippen molar-refractivity contribution in [3.05, 3.63) is 40.4 Å². The second kappa shape index (κ2) is 5.39. The molecule has 1 saturated heterocycles. The van der Waals surface area contributed by atoms with Crippen molar-refractivity contribution in [1.29, 1.82) is 0 Å². The summed E-state index contributed by atoms with van der Waals surface area (Å²) in [5, 5.41) is 1.94. The number of hydrogen-bond acceptors (Lipinski definition) is 4. The summed E-state index contributed by atoms with van der Waals surface area (Å²) in [6, 6.07) is 8.08. The molecule has 2 heterocycles. The Morgan fingerprint density at radius 3 is 2.26 bits per heavy atom. The number of aryl methyl sites for hydroxylation is 1. The summed E-state index contributed by atoms with van der Waals surface area (Å²) in [6.07, 6.45) is 1.95.